The second kappa shape index (κ2) is 23.8. The number of hydrogen-bond acceptors (Lipinski definition) is 16. The zero-order valence-corrected chi connectivity index (χ0v) is 44.0. The lowest BCUT2D eigenvalue weighted by molar-refractivity contribution is -0.0927. The summed E-state index contributed by atoms with van der Waals surface area (Å²) >= 11 is 6.04. The predicted octanol–water partition coefficient (Wildman–Crippen LogP) is 8.06. The van der Waals surface area contributed by atoms with Gasteiger partial charge in [0.2, 0.25) is 0 Å². The van der Waals surface area contributed by atoms with Crippen LogP contribution in [0, 0.1) is 11.3 Å². The van der Waals surface area contributed by atoms with Gasteiger partial charge in [-0.2, -0.15) is 5.26 Å². The number of nitrogens with one attached hydrogen (secondary N) is 1. The molecule has 0 bridgehead atoms. The zero-order chi connectivity index (χ0) is 51.7. The molecule has 1 amide bonds. The lowest BCUT2D eigenvalue weighted by Gasteiger charge is -2.39. The number of ether oxygens (including phenoxy) is 5. The van der Waals surface area contributed by atoms with E-state index in [4.69, 9.17) is 49.9 Å². The fourth-order valence-corrected chi connectivity index (χ4v) is 12.2. The first-order valence-electron chi connectivity index (χ1n) is 23.9. The number of amides is 1. The molecule has 73 heavy (non-hydrogen) atoms. The summed E-state index contributed by atoms with van der Waals surface area (Å²) in [5.74, 6) is 0.867. The van der Waals surface area contributed by atoms with Gasteiger partial charge in [-0.1, -0.05) is 72.8 Å². The molecule has 18 nitrogen and oxygen atoms in total. The standard InChI is InChI=1S/C52H59N8O10PS2/c1-35(2)60(36(3)4)71(67-29-13-26-53)70-45-43(32-66-52(38-16-11-8-12-17-38,39-18-22-41(64-5)23-19-39)40-20-24-42(65-6)25-21-40)68-50(46(45)69-51(72)58-27-30-73(62,63)31-28-58)59-34-56-44-47(54-33-55-48(44)59)57-49(61)37-14-9-7-10-15-37/h7-12,14-25,33-36,43,45-46,50H,13,27-32H2,1-6H3,(H,54,55,57,61)/t43-,45?,46+,50-,71?/m1/s1. The summed E-state index contributed by atoms with van der Waals surface area (Å²) in [4.78, 5) is 29.0. The highest BCUT2D eigenvalue weighted by molar-refractivity contribution is 7.91. The van der Waals surface area contributed by atoms with E-state index in [9.17, 15) is 18.5 Å². The number of imidazole rings is 1. The molecule has 2 unspecified atom stereocenters. The van der Waals surface area contributed by atoms with Crippen molar-refractivity contribution in [2.75, 3.05) is 57.3 Å². The van der Waals surface area contributed by atoms with Gasteiger partial charge in [-0.05, 0) is 93.0 Å². The monoisotopic (exact) mass is 1050 g/mol. The zero-order valence-electron chi connectivity index (χ0n) is 41.4. The van der Waals surface area contributed by atoms with Crippen LogP contribution in [-0.4, -0.2) is 131 Å². The lowest BCUT2D eigenvalue weighted by Crippen LogP contribution is -2.48. The van der Waals surface area contributed by atoms with Gasteiger partial charge in [-0.3, -0.25) is 9.36 Å². The van der Waals surface area contributed by atoms with Crippen LogP contribution in [0.2, 0.25) is 0 Å². The van der Waals surface area contributed by atoms with Crippen molar-refractivity contribution in [1.82, 2.24) is 29.1 Å². The lowest BCUT2D eigenvalue weighted by atomic mass is 9.80. The molecule has 2 fully saturated rings. The predicted molar refractivity (Wildman–Crippen MR) is 280 cm³/mol. The van der Waals surface area contributed by atoms with E-state index < -0.39 is 54.4 Å². The van der Waals surface area contributed by atoms with Gasteiger partial charge in [-0.15, -0.1) is 0 Å². The van der Waals surface area contributed by atoms with Crippen LogP contribution in [-0.2, 0) is 38.7 Å². The molecule has 4 aromatic carbocycles. The Morgan fingerprint density at radius 1 is 0.863 bits per heavy atom. The van der Waals surface area contributed by atoms with Gasteiger partial charge < -0.3 is 42.9 Å². The molecule has 2 saturated heterocycles. The molecular formula is C52H59N8O10PS2. The average molecular weight is 1050 g/mol. The molecule has 0 radical (unpaired) electrons. The molecule has 4 heterocycles. The molecule has 2 aliphatic rings. The van der Waals surface area contributed by atoms with Crippen LogP contribution < -0.4 is 14.8 Å². The SMILES string of the molecule is COc1ccc(C(OC[C@H]2O[C@@H](n3cnc4c(NC(=O)c5ccccc5)ncnc43)[C@@H](OC(=S)N3CCS(=O)(=O)CC3)C2OP(OCCC#N)N(C(C)C)C(C)C)(c2ccccc2)c2ccc(OC)cc2)cc1. The first kappa shape index (κ1) is 53.2. The highest BCUT2D eigenvalue weighted by Crippen LogP contribution is 2.52. The van der Waals surface area contributed by atoms with Crippen LogP contribution in [0.15, 0.2) is 122 Å². The Morgan fingerprint density at radius 3 is 2.03 bits per heavy atom. The van der Waals surface area contributed by atoms with Crippen molar-refractivity contribution in [3.05, 3.63) is 144 Å². The van der Waals surface area contributed by atoms with E-state index in [1.165, 1.54) is 12.7 Å². The number of carbonyl (C=O) groups excluding carboxylic acids is 1. The van der Waals surface area contributed by atoms with E-state index in [0.717, 1.165) is 16.7 Å². The van der Waals surface area contributed by atoms with Gasteiger partial charge in [0.25, 0.3) is 19.6 Å². The number of carbonyl (C=O) groups is 1. The van der Waals surface area contributed by atoms with E-state index in [-0.39, 0.29) is 72.8 Å². The van der Waals surface area contributed by atoms with Crippen molar-refractivity contribution in [3.63, 3.8) is 0 Å². The van der Waals surface area contributed by atoms with Gasteiger partial charge >= 0.3 is 0 Å². The van der Waals surface area contributed by atoms with E-state index in [0.29, 0.717) is 22.7 Å². The second-order valence-corrected chi connectivity index (χ2v) is 21.9. The van der Waals surface area contributed by atoms with Gasteiger partial charge in [0, 0.05) is 30.7 Å². The quantitative estimate of drug-likeness (QED) is 0.0333. The van der Waals surface area contributed by atoms with Crippen LogP contribution in [0.4, 0.5) is 5.82 Å². The summed E-state index contributed by atoms with van der Waals surface area (Å²) in [6, 6.07) is 36.0. The van der Waals surface area contributed by atoms with Crippen LogP contribution >= 0.6 is 20.7 Å². The minimum atomic E-state index is -3.28. The summed E-state index contributed by atoms with van der Waals surface area (Å²) in [7, 11) is -2.02. The highest BCUT2D eigenvalue weighted by Gasteiger charge is 2.53. The fourth-order valence-electron chi connectivity index (χ4n) is 8.98. The molecule has 0 spiro atoms. The number of thiocarbonyl (C=S) groups is 1. The Bertz CT molecular complexity index is 2900. The fraction of sp³-hybridized carbons (Fsp3) is 0.385. The summed E-state index contributed by atoms with van der Waals surface area (Å²) in [6.07, 6.45) is -1.26. The van der Waals surface area contributed by atoms with E-state index in [1.807, 2.05) is 113 Å². The highest BCUT2D eigenvalue weighted by atomic mass is 32.2. The van der Waals surface area contributed by atoms with Gasteiger partial charge in [0.15, 0.2) is 39.2 Å². The number of nitriles is 1. The van der Waals surface area contributed by atoms with Crippen LogP contribution in [0.3, 0.4) is 0 Å². The van der Waals surface area contributed by atoms with Crippen molar-refractivity contribution >= 4 is 58.6 Å². The molecule has 6 aromatic rings. The number of aromatic nitrogens is 4. The molecule has 21 heteroatoms. The van der Waals surface area contributed by atoms with Gasteiger partial charge in [0.1, 0.15) is 35.6 Å². The smallest absolute Gasteiger partial charge is 0.259 e. The molecule has 2 aliphatic heterocycles. The van der Waals surface area contributed by atoms with Crippen LogP contribution in [0.5, 0.6) is 11.5 Å². The topological polar surface area (TPSA) is 202 Å². The first-order valence-corrected chi connectivity index (χ1v) is 27.2. The largest absolute Gasteiger partial charge is 0.497 e. The maximum atomic E-state index is 13.5. The molecule has 0 aliphatic carbocycles. The molecular weight excluding hydrogens is 992 g/mol. The number of anilines is 1. The third kappa shape index (κ3) is 12.0. The van der Waals surface area contributed by atoms with E-state index in [1.54, 1.807) is 48.0 Å². The maximum absolute atomic E-state index is 13.5. The molecule has 5 atom stereocenters. The number of hydrogen-bond donors (Lipinski definition) is 1. The Hall–Kier alpha value is -6.14. The number of sulfone groups is 1. The summed E-state index contributed by atoms with van der Waals surface area (Å²) in [5, 5.41) is 12.6. The summed E-state index contributed by atoms with van der Waals surface area (Å²) < 4.78 is 75.7. The summed E-state index contributed by atoms with van der Waals surface area (Å²) in [5.41, 5.74) is 2.06. The van der Waals surface area contributed by atoms with Gasteiger partial charge in [0.05, 0.1) is 57.8 Å². The molecule has 0 saturated carbocycles. The second-order valence-electron chi connectivity index (χ2n) is 17.9. The Balaban J connectivity index is 1.28. The third-order valence-corrected chi connectivity index (χ3v) is 16.6. The third-order valence-electron chi connectivity index (χ3n) is 12.5. The minimum absolute atomic E-state index is 0.0351. The Morgan fingerprint density at radius 2 is 1.45 bits per heavy atom. The van der Waals surface area contributed by atoms with E-state index >= 15 is 0 Å². The number of methoxy groups -OCH3 is 2. The van der Waals surface area contributed by atoms with Crippen molar-refractivity contribution in [2.45, 2.75) is 76.3 Å². The van der Waals surface area contributed by atoms with Crippen molar-refractivity contribution in [3.8, 4) is 17.6 Å². The Labute approximate surface area is 432 Å². The summed E-state index contributed by atoms with van der Waals surface area (Å²) in [6.45, 7) is 8.34. The number of rotatable bonds is 20. The molecule has 1 N–H and O–H groups in total. The molecule has 8 rings (SSSR count). The van der Waals surface area contributed by atoms with Crippen molar-refractivity contribution in [1.29, 1.82) is 5.26 Å². The Kier molecular flexibility index (Phi) is 17.3. The van der Waals surface area contributed by atoms with Gasteiger partial charge in [-0.25, -0.2) is 28.0 Å². The number of nitrogens with zero attached hydrogens (tertiary/aromatic N) is 7. The number of fused-ring (bicyclic) bond motifs is 1. The normalized spacial score (nSPS) is 19.2. The van der Waals surface area contributed by atoms with E-state index in [2.05, 4.69) is 26.0 Å². The van der Waals surface area contributed by atoms with Crippen molar-refractivity contribution < 1.29 is 45.9 Å². The minimum Gasteiger partial charge on any atom is -0.497 e. The van der Waals surface area contributed by atoms with Crippen LogP contribution in [0.1, 0.15) is 67.4 Å². The number of benzene rings is 4. The maximum Gasteiger partial charge on any atom is 0.259 e. The molecule has 384 valence electrons. The van der Waals surface area contributed by atoms with Crippen LogP contribution in [0.25, 0.3) is 11.2 Å². The first-order chi connectivity index (χ1) is 35.3. The van der Waals surface area contributed by atoms with Crippen molar-refractivity contribution in [2.24, 2.45) is 0 Å². The molecule has 2 aromatic heterocycles. The average Bonchev–Trinajstić information content (AvgIpc) is 3.98.